The van der Waals surface area contributed by atoms with Gasteiger partial charge in [-0.3, -0.25) is 14.9 Å². The fraction of sp³-hybridized carbons (Fsp3) is 0.545. The molecule has 2 amide bonds. The largest absolute Gasteiger partial charge is 0.497 e. The molecule has 1 aromatic carbocycles. The Balaban J connectivity index is 1.34. The zero-order valence-corrected chi connectivity index (χ0v) is 18.1. The van der Waals surface area contributed by atoms with Gasteiger partial charge in [-0.1, -0.05) is 37.0 Å². The first-order chi connectivity index (χ1) is 14.6. The average molecular weight is 429 g/mol. The molecule has 1 aliphatic carbocycles. The Morgan fingerprint density at radius 1 is 1.13 bits per heavy atom. The topological polar surface area (TPSA) is 84.4 Å². The highest BCUT2D eigenvalue weighted by molar-refractivity contribution is 7.18. The third-order valence-electron chi connectivity index (χ3n) is 6.11. The van der Waals surface area contributed by atoms with Gasteiger partial charge in [-0.2, -0.15) is 0 Å². The van der Waals surface area contributed by atoms with Crippen molar-refractivity contribution < 1.29 is 14.3 Å². The van der Waals surface area contributed by atoms with Gasteiger partial charge in [0.1, 0.15) is 16.8 Å². The first-order valence-electron chi connectivity index (χ1n) is 10.7. The van der Waals surface area contributed by atoms with Crippen LogP contribution in [0.5, 0.6) is 5.75 Å². The predicted molar refractivity (Wildman–Crippen MR) is 116 cm³/mol. The van der Waals surface area contributed by atoms with Crippen molar-refractivity contribution in [1.29, 1.82) is 0 Å². The van der Waals surface area contributed by atoms with E-state index in [1.807, 2.05) is 24.3 Å². The molecule has 2 aliphatic rings. The Morgan fingerprint density at radius 3 is 2.63 bits per heavy atom. The Bertz CT molecular complexity index is 877. The van der Waals surface area contributed by atoms with Crippen LogP contribution in [0.1, 0.15) is 51.4 Å². The van der Waals surface area contributed by atoms with E-state index in [1.54, 1.807) is 12.0 Å². The van der Waals surface area contributed by atoms with Crippen molar-refractivity contribution in [3.05, 3.63) is 24.3 Å². The zero-order chi connectivity index (χ0) is 20.9. The normalized spacial score (nSPS) is 19.2. The van der Waals surface area contributed by atoms with Crippen LogP contribution in [-0.2, 0) is 9.59 Å². The summed E-state index contributed by atoms with van der Waals surface area (Å²) in [7, 11) is 1.62. The summed E-state index contributed by atoms with van der Waals surface area (Å²) < 4.78 is 5.17. The fourth-order valence-corrected chi connectivity index (χ4v) is 5.17. The van der Waals surface area contributed by atoms with E-state index in [2.05, 4.69) is 15.5 Å². The molecule has 4 rings (SSSR count). The molecule has 1 aromatic heterocycles. The van der Waals surface area contributed by atoms with Crippen LogP contribution in [0.15, 0.2) is 24.3 Å². The van der Waals surface area contributed by atoms with Gasteiger partial charge in [0.05, 0.1) is 7.11 Å². The van der Waals surface area contributed by atoms with Gasteiger partial charge in [0, 0.05) is 18.5 Å². The summed E-state index contributed by atoms with van der Waals surface area (Å²) in [5.41, 5.74) is 0.915. The predicted octanol–water partition coefficient (Wildman–Crippen LogP) is 4.11. The molecule has 160 valence electrons. The minimum atomic E-state index is -0.408. The van der Waals surface area contributed by atoms with Crippen LogP contribution in [0.4, 0.5) is 5.13 Å². The second kappa shape index (κ2) is 9.55. The molecular formula is C22H28N4O3S. The molecule has 1 saturated carbocycles. The lowest BCUT2D eigenvalue weighted by Crippen LogP contribution is -2.43. The van der Waals surface area contributed by atoms with E-state index in [0.717, 1.165) is 29.2 Å². The highest BCUT2D eigenvalue weighted by Gasteiger charge is 2.34. The van der Waals surface area contributed by atoms with Gasteiger partial charge < -0.3 is 9.64 Å². The minimum absolute atomic E-state index is 0.107. The number of ether oxygens (including phenoxy) is 1. The number of methoxy groups -OCH3 is 1. The molecule has 0 spiro atoms. The van der Waals surface area contributed by atoms with E-state index in [-0.39, 0.29) is 11.8 Å². The lowest BCUT2D eigenvalue weighted by Gasteiger charge is -2.24. The number of carbonyl (C=O) groups is 2. The second-order valence-corrected chi connectivity index (χ2v) is 9.04. The number of nitrogens with zero attached hydrogens (tertiary/aromatic N) is 3. The van der Waals surface area contributed by atoms with Crippen molar-refractivity contribution >= 4 is 28.3 Å². The number of nitrogens with one attached hydrogen (secondary N) is 1. The van der Waals surface area contributed by atoms with Crippen LogP contribution in [0.25, 0.3) is 10.6 Å². The van der Waals surface area contributed by atoms with Gasteiger partial charge in [0.25, 0.3) is 0 Å². The van der Waals surface area contributed by atoms with Gasteiger partial charge in [-0.15, -0.1) is 10.2 Å². The number of aromatic nitrogens is 2. The van der Waals surface area contributed by atoms with E-state index < -0.39 is 6.04 Å². The smallest absolute Gasteiger partial charge is 0.249 e. The number of hydrogen-bond acceptors (Lipinski definition) is 6. The molecular weight excluding hydrogens is 400 g/mol. The molecule has 0 bridgehead atoms. The molecule has 1 aliphatic heterocycles. The monoisotopic (exact) mass is 428 g/mol. The van der Waals surface area contributed by atoms with Crippen molar-refractivity contribution in [1.82, 2.24) is 15.1 Å². The van der Waals surface area contributed by atoms with Crippen LogP contribution in [0.3, 0.4) is 0 Å². The Morgan fingerprint density at radius 2 is 1.90 bits per heavy atom. The lowest BCUT2D eigenvalue weighted by atomic mass is 10.0. The Kier molecular flexibility index (Phi) is 6.62. The molecule has 1 N–H and O–H groups in total. The molecule has 8 heteroatoms. The number of anilines is 1. The quantitative estimate of drug-likeness (QED) is 0.717. The standard InChI is InChI=1S/C22H28N4O3S/c1-29-17-11-9-16(10-12-17)21-24-25-22(30-21)23-20(28)18-7-4-14-26(18)19(27)13-8-15-5-2-3-6-15/h9-12,15,18H,2-8,13-14H2,1H3,(H,23,25,28). The van der Waals surface area contributed by atoms with Crippen molar-refractivity contribution in [2.75, 3.05) is 19.0 Å². The first kappa shape index (κ1) is 20.8. The number of carbonyl (C=O) groups excluding carboxylic acids is 2. The number of amides is 2. The summed E-state index contributed by atoms with van der Waals surface area (Å²) >= 11 is 1.32. The Hall–Kier alpha value is -2.48. The Labute approximate surface area is 180 Å². The van der Waals surface area contributed by atoms with Gasteiger partial charge in [-0.25, -0.2) is 0 Å². The average Bonchev–Trinajstić information content (AvgIpc) is 3.53. The molecule has 0 radical (unpaired) electrons. The number of rotatable bonds is 7. The summed E-state index contributed by atoms with van der Waals surface area (Å²) in [6.07, 6.45) is 8.11. The third kappa shape index (κ3) is 4.80. The molecule has 30 heavy (non-hydrogen) atoms. The van der Waals surface area contributed by atoms with Gasteiger partial charge in [0.2, 0.25) is 16.9 Å². The van der Waals surface area contributed by atoms with Crippen LogP contribution < -0.4 is 10.1 Å². The fourth-order valence-electron chi connectivity index (χ4n) is 4.42. The molecule has 2 fully saturated rings. The van der Waals surface area contributed by atoms with Crippen molar-refractivity contribution in [2.24, 2.45) is 5.92 Å². The molecule has 2 heterocycles. The van der Waals surface area contributed by atoms with E-state index in [1.165, 1.54) is 37.0 Å². The molecule has 1 atom stereocenters. The summed E-state index contributed by atoms with van der Waals surface area (Å²) in [6, 6.07) is 7.14. The summed E-state index contributed by atoms with van der Waals surface area (Å²) in [6.45, 7) is 0.662. The van der Waals surface area contributed by atoms with Gasteiger partial charge >= 0.3 is 0 Å². The van der Waals surface area contributed by atoms with Gasteiger partial charge in [0.15, 0.2) is 0 Å². The summed E-state index contributed by atoms with van der Waals surface area (Å²) in [5.74, 6) is 1.40. The van der Waals surface area contributed by atoms with E-state index >= 15 is 0 Å². The highest BCUT2D eigenvalue weighted by Crippen LogP contribution is 2.31. The van der Waals surface area contributed by atoms with Crippen molar-refractivity contribution in [3.8, 4) is 16.3 Å². The maximum Gasteiger partial charge on any atom is 0.249 e. The highest BCUT2D eigenvalue weighted by atomic mass is 32.1. The summed E-state index contributed by atoms with van der Waals surface area (Å²) in [5, 5.41) is 12.3. The van der Waals surface area contributed by atoms with Crippen LogP contribution >= 0.6 is 11.3 Å². The second-order valence-electron chi connectivity index (χ2n) is 8.06. The SMILES string of the molecule is COc1ccc(-c2nnc(NC(=O)C3CCCN3C(=O)CCC3CCCC3)s2)cc1. The molecule has 2 aromatic rings. The van der Waals surface area contributed by atoms with E-state index in [0.29, 0.717) is 30.4 Å². The minimum Gasteiger partial charge on any atom is -0.497 e. The van der Waals surface area contributed by atoms with Crippen molar-refractivity contribution in [2.45, 2.75) is 57.4 Å². The number of likely N-dealkylation sites (tertiary alicyclic amines) is 1. The maximum atomic E-state index is 12.8. The van der Waals surface area contributed by atoms with E-state index in [4.69, 9.17) is 4.74 Å². The molecule has 7 nitrogen and oxygen atoms in total. The third-order valence-corrected chi connectivity index (χ3v) is 7.00. The van der Waals surface area contributed by atoms with E-state index in [9.17, 15) is 9.59 Å². The lowest BCUT2D eigenvalue weighted by molar-refractivity contribution is -0.136. The number of hydrogen-bond donors (Lipinski definition) is 1. The number of benzene rings is 1. The zero-order valence-electron chi connectivity index (χ0n) is 17.3. The van der Waals surface area contributed by atoms with Crippen LogP contribution in [0.2, 0.25) is 0 Å². The molecule has 1 saturated heterocycles. The van der Waals surface area contributed by atoms with Gasteiger partial charge in [-0.05, 0) is 49.4 Å². The van der Waals surface area contributed by atoms with Crippen LogP contribution in [0, 0.1) is 5.92 Å². The first-order valence-corrected chi connectivity index (χ1v) is 11.5. The maximum absolute atomic E-state index is 12.8. The molecule has 1 unspecified atom stereocenters. The summed E-state index contributed by atoms with van der Waals surface area (Å²) in [4.78, 5) is 27.3. The van der Waals surface area contributed by atoms with Crippen LogP contribution in [-0.4, -0.2) is 46.6 Å². The van der Waals surface area contributed by atoms with Crippen molar-refractivity contribution in [3.63, 3.8) is 0 Å².